The molecule has 0 aromatic heterocycles. The van der Waals surface area contributed by atoms with Crippen LogP contribution in [0.15, 0.2) is 0 Å². The van der Waals surface area contributed by atoms with E-state index in [4.69, 9.17) is 5.11 Å². The first-order valence-electron chi connectivity index (χ1n) is 4.17. The number of rotatable bonds is 4. The molecule has 0 heterocycles. The van der Waals surface area contributed by atoms with Gasteiger partial charge >= 0.3 is 6.18 Å². The van der Waals surface area contributed by atoms with Crippen molar-refractivity contribution in [3.63, 3.8) is 0 Å². The van der Waals surface area contributed by atoms with E-state index in [9.17, 15) is 26.4 Å². The molecule has 0 aromatic carbocycles. The Kier molecular flexibility index (Phi) is 4.74. The lowest BCUT2D eigenvalue weighted by Crippen LogP contribution is -2.45. The molecule has 0 saturated heterocycles. The van der Waals surface area contributed by atoms with E-state index in [1.54, 1.807) is 5.32 Å². The van der Waals surface area contributed by atoms with Gasteiger partial charge in [-0.3, -0.25) is 4.79 Å². The fourth-order valence-electron chi connectivity index (χ4n) is 0.651. The van der Waals surface area contributed by atoms with Crippen molar-refractivity contribution < 1.29 is 31.5 Å². The highest BCUT2D eigenvalue weighted by Gasteiger charge is 2.38. The molecule has 0 rings (SSSR count). The summed E-state index contributed by atoms with van der Waals surface area (Å²) in [6.07, 6.45) is -6.76. The third-order valence-corrected chi connectivity index (χ3v) is 3.36. The van der Waals surface area contributed by atoms with Gasteiger partial charge in [0.15, 0.2) is 15.9 Å². The van der Waals surface area contributed by atoms with Gasteiger partial charge in [0.05, 0.1) is 6.54 Å². The van der Waals surface area contributed by atoms with E-state index in [2.05, 4.69) is 0 Å². The van der Waals surface area contributed by atoms with E-state index < -0.39 is 39.8 Å². The zero-order chi connectivity index (χ0) is 13.1. The first kappa shape index (κ1) is 15.2. The molecule has 96 valence electrons. The van der Waals surface area contributed by atoms with E-state index in [0.717, 1.165) is 13.2 Å². The van der Waals surface area contributed by atoms with Gasteiger partial charge in [-0.25, -0.2) is 8.42 Å². The van der Waals surface area contributed by atoms with Crippen LogP contribution in [0, 0.1) is 0 Å². The smallest absolute Gasteiger partial charge is 0.382 e. The number of aliphatic hydroxyl groups excluding tert-OH is 1. The van der Waals surface area contributed by atoms with Crippen molar-refractivity contribution in [2.45, 2.75) is 24.5 Å². The SMILES string of the molecule is CC(C(=O)NCC(O)C(F)(F)F)S(C)(=O)=O. The van der Waals surface area contributed by atoms with Crippen LogP contribution in [-0.2, 0) is 14.6 Å². The maximum Gasteiger partial charge on any atom is 0.416 e. The van der Waals surface area contributed by atoms with Crippen LogP contribution in [0.5, 0.6) is 0 Å². The predicted octanol–water partition coefficient (Wildman–Crippen LogP) is -0.541. The van der Waals surface area contributed by atoms with Gasteiger partial charge in [0.25, 0.3) is 0 Å². The monoisotopic (exact) mass is 263 g/mol. The highest BCUT2D eigenvalue weighted by molar-refractivity contribution is 7.92. The van der Waals surface area contributed by atoms with Crippen LogP contribution >= 0.6 is 0 Å². The second-order valence-corrected chi connectivity index (χ2v) is 5.64. The molecule has 1 amide bonds. The fraction of sp³-hybridized carbons (Fsp3) is 0.857. The summed E-state index contributed by atoms with van der Waals surface area (Å²) < 4.78 is 57.2. The second-order valence-electron chi connectivity index (χ2n) is 3.27. The van der Waals surface area contributed by atoms with Crippen molar-refractivity contribution in [2.75, 3.05) is 12.8 Å². The molecule has 0 saturated carbocycles. The second kappa shape index (κ2) is 5.00. The molecule has 0 aromatic rings. The first-order valence-corrected chi connectivity index (χ1v) is 6.13. The number of carbonyl (C=O) groups excluding carboxylic acids is 1. The number of carbonyl (C=O) groups is 1. The van der Waals surface area contributed by atoms with Gasteiger partial charge in [0.1, 0.15) is 5.25 Å². The zero-order valence-electron chi connectivity index (χ0n) is 8.58. The van der Waals surface area contributed by atoms with Gasteiger partial charge in [0.2, 0.25) is 5.91 Å². The molecule has 0 fully saturated rings. The molecule has 9 heteroatoms. The molecule has 2 N–H and O–H groups in total. The molecule has 16 heavy (non-hydrogen) atoms. The molecule has 0 aliphatic rings. The number of alkyl halides is 3. The Labute approximate surface area is 90.6 Å². The Balaban J connectivity index is 4.30. The quantitative estimate of drug-likeness (QED) is 0.713. The summed E-state index contributed by atoms with van der Waals surface area (Å²) in [7, 11) is -3.66. The lowest BCUT2D eigenvalue weighted by atomic mass is 10.3. The summed E-state index contributed by atoms with van der Waals surface area (Å²) in [4.78, 5) is 11.1. The minimum absolute atomic E-state index is 0.789. The van der Waals surface area contributed by atoms with E-state index in [-0.39, 0.29) is 0 Å². The summed E-state index contributed by atoms with van der Waals surface area (Å²) in [6.45, 7) is -0.0210. The van der Waals surface area contributed by atoms with Crippen molar-refractivity contribution in [1.82, 2.24) is 5.32 Å². The van der Waals surface area contributed by atoms with E-state index in [1.807, 2.05) is 0 Å². The number of aliphatic hydroxyl groups is 1. The van der Waals surface area contributed by atoms with Gasteiger partial charge in [-0.2, -0.15) is 13.2 Å². The Morgan fingerprint density at radius 3 is 2.19 bits per heavy atom. The van der Waals surface area contributed by atoms with Gasteiger partial charge in [-0.15, -0.1) is 0 Å². The maximum absolute atomic E-state index is 11.8. The fourth-order valence-corrected chi connectivity index (χ4v) is 1.12. The minimum Gasteiger partial charge on any atom is -0.382 e. The normalized spacial score (nSPS) is 16.6. The van der Waals surface area contributed by atoms with Crippen LogP contribution in [0.3, 0.4) is 0 Å². The summed E-state index contributed by atoms with van der Waals surface area (Å²) >= 11 is 0. The summed E-state index contributed by atoms with van der Waals surface area (Å²) in [5, 5.41) is 8.79. The number of halogens is 3. The van der Waals surface area contributed by atoms with Crippen molar-refractivity contribution in [2.24, 2.45) is 0 Å². The average Bonchev–Trinajstić information content (AvgIpc) is 2.09. The molecule has 2 atom stereocenters. The molecule has 0 spiro atoms. The Hall–Kier alpha value is -0.830. The Morgan fingerprint density at radius 2 is 1.88 bits per heavy atom. The van der Waals surface area contributed by atoms with Crippen molar-refractivity contribution in [3.05, 3.63) is 0 Å². The van der Waals surface area contributed by atoms with Crippen molar-refractivity contribution in [3.8, 4) is 0 Å². The predicted molar refractivity (Wildman–Crippen MR) is 49.4 cm³/mol. The van der Waals surface area contributed by atoms with Crippen LogP contribution in [0.1, 0.15) is 6.92 Å². The highest BCUT2D eigenvalue weighted by Crippen LogP contribution is 2.19. The molecule has 2 unspecified atom stereocenters. The highest BCUT2D eigenvalue weighted by atomic mass is 32.2. The van der Waals surface area contributed by atoms with Crippen LogP contribution in [0.2, 0.25) is 0 Å². The number of sulfone groups is 1. The topological polar surface area (TPSA) is 83.5 Å². The van der Waals surface area contributed by atoms with Gasteiger partial charge in [-0.1, -0.05) is 0 Å². The van der Waals surface area contributed by atoms with Crippen LogP contribution < -0.4 is 5.32 Å². The van der Waals surface area contributed by atoms with Crippen molar-refractivity contribution in [1.29, 1.82) is 0 Å². The maximum atomic E-state index is 11.8. The minimum atomic E-state index is -4.85. The lowest BCUT2D eigenvalue weighted by molar-refractivity contribution is -0.201. The molecule has 0 aliphatic heterocycles. The first-order chi connectivity index (χ1) is 6.96. The number of hydrogen-bond acceptors (Lipinski definition) is 4. The van der Waals surface area contributed by atoms with Gasteiger partial charge in [0, 0.05) is 6.26 Å². The Bertz CT molecular complexity index is 351. The number of hydrogen-bond donors (Lipinski definition) is 2. The van der Waals surface area contributed by atoms with E-state index in [0.29, 0.717) is 0 Å². The third-order valence-electron chi connectivity index (χ3n) is 1.86. The van der Waals surface area contributed by atoms with Crippen molar-refractivity contribution >= 4 is 15.7 Å². The van der Waals surface area contributed by atoms with Gasteiger partial charge in [-0.05, 0) is 6.92 Å². The molecular formula is C7H12F3NO4S. The van der Waals surface area contributed by atoms with Crippen LogP contribution in [-0.4, -0.2) is 49.8 Å². The van der Waals surface area contributed by atoms with E-state index in [1.165, 1.54) is 0 Å². The zero-order valence-corrected chi connectivity index (χ0v) is 9.39. The van der Waals surface area contributed by atoms with E-state index >= 15 is 0 Å². The molecule has 5 nitrogen and oxygen atoms in total. The number of amides is 1. The summed E-state index contributed by atoms with van der Waals surface area (Å²) in [5.41, 5.74) is 0. The molecule has 0 radical (unpaired) electrons. The largest absolute Gasteiger partial charge is 0.416 e. The Morgan fingerprint density at radius 1 is 1.44 bits per heavy atom. The third kappa shape index (κ3) is 4.79. The summed E-state index contributed by atoms with van der Waals surface area (Å²) in [6, 6.07) is 0. The molecular weight excluding hydrogens is 251 g/mol. The molecule has 0 bridgehead atoms. The number of nitrogens with one attached hydrogen (secondary N) is 1. The van der Waals surface area contributed by atoms with Gasteiger partial charge < -0.3 is 10.4 Å². The molecule has 0 aliphatic carbocycles. The average molecular weight is 263 g/mol. The standard InChI is InChI=1S/C7H12F3NO4S/c1-4(16(2,14)15)6(13)11-3-5(12)7(8,9)10/h4-5,12H,3H2,1-2H3,(H,11,13). The van der Waals surface area contributed by atoms with Crippen LogP contribution in [0.25, 0.3) is 0 Å². The van der Waals surface area contributed by atoms with Crippen LogP contribution in [0.4, 0.5) is 13.2 Å². The lowest BCUT2D eigenvalue weighted by Gasteiger charge is -2.16. The summed E-state index contributed by atoms with van der Waals surface area (Å²) in [5.74, 6) is -1.08.